The number of nitrogens with one attached hydrogen (secondary N) is 2. The van der Waals surface area contributed by atoms with Gasteiger partial charge in [0.05, 0.1) is 24.2 Å². The summed E-state index contributed by atoms with van der Waals surface area (Å²) in [5.41, 5.74) is 6.50. The van der Waals surface area contributed by atoms with Crippen molar-refractivity contribution >= 4 is 51.0 Å². The molecule has 194 valence electrons. The van der Waals surface area contributed by atoms with E-state index in [4.69, 9.17) is 9.47 Å². The molecule has 2 amide bonds. The number of carbonyl (C=O) groups excluding carboxylic acids is 2. The van der Waals surface area contributed by atoms with Gasteiger partial charge in [0.15, 0.2) is 11.5 Å². The third-order valence-electron chi connectivity index (χ3n) is 5.48. The molecule has 0 aliphatic heterocycles. The normalized spacial score (nSPS) is 10.8. The zero-order valence-electron chi connectivity index (χ0n) is 20.9. The van der Waals surface area contributed by atoms with Gasteiger partial charge in [-0.25, -0.2) is 5.43 Å². The molecular weight excluding hydrogens is 566 g/mol. The zero-order chi connectivity index (χ0) is 26.9. The molecule has 4 aromatic rings. The van der Waals surface area contributed by atoms with Gasteiger partial charge in [0.1, 0.15) is 6.61 Å². The van der Waals surface area contributed by atoms with Crippen LogP contribution in [0.5, 0.6) is 11.5 Å². The first-order valence-electron chi connectivity index (χ1n) is 11.7. The van der Waals surface area contributed by atoms with Gasteiger partial charge >= 0.3 is 0 Å². The first kappa shape index (κ1) is 27.1. The standard InChI is InChI=1S/C29H26BrN3O4S/c1-19-5-7-20(8-6-19)18-37-28-25(30)14-21(15-26(28)36-2)17-31-33-29(35)22-9-11-23(12-10-22)32-27(34)16-24-4-3-13-38-24/h3-15,17H,16,18H2,1-2H3,(H,32,34)(H,33,35)/b31-17-. The molecule has 0 unspecified atom stereocenters. The van der Waals surface area contributed by atoms with E-state index < -0.39 is 0 Å². The second-order valence-corrected chi connectivity index (χ2v) is 10.3. The van der Waals surface area contributed by atoms with Gasteiger partial charge in [-0.05, 0) is 81.8 Å². The molecule has 38 heavy (non-hydrogen) atoms. The van der Waals surface area contributed by atoms with E-state index in [1.165, 1.54) is 23.1 Å². The monoisotopic (exact) mass is 591 g/mol. The third kappa shape index (κ3) is 7.53. The number of hydrogen-bond donors (Lipinski definition) is 2. The average Bonchev–Trinajstić information content (AvgIpc) is 3.42. The Morgan fingerprint density at radius 1 is 1.05 bits per heavy atom. The number of nitrogens with zero attached hydrogens (tertiary/aromatic N) is 1. The Morgan fingerprint density at radius 3 is 2.50 bits per heavy atom. The molecule has 2 N–H and O–H groups in total. The fourth-order valence-electron chi connectivity index (χ4n) is 3.51. The average molecular weight is 593 g/mol. The second-order valence-electron chi connectivity index (χ2n) is 8.39. The summed E-state index contributed by atoms with van der Waals surface area (Å²) >= 11 is 5.07. The largest absolute Gasteiger partial charge is 0.493 e. The lowest BCUT2D eigenvalue weighted by Crippen LogP contribution is -2.18. The number of hydrogen-bond acceptors (Lipinski definition) is 6. The van der Waals surface area contributed by atoms with Crippen LogP contribution < -0.4 is 20.2 Å². The highest BCUT2D eigenvalue weighted by molar-refractivity contribution is 9.10. The summed E-state index contributed by atoms with van der Waals surface area (Å²) < 4.78 is 12.2. The first-order chi connectivity index (χ1) is 18.4. The third-order valence-corrected chi connectivity index (χ3v) is 6.95. The van der Waals surface area contributed by atoms with Gasteiger partial charge in [-0.15, -0.1) is 11.3 Å². The molecule has 0 aliphatic carbocycles. The summed E-state index contributed by atoms with van der Waals surface area (Å²) in [7, 11) is 1.57. The molecule has 0 atom stereocenters. The van der Waals surface area contributed by atoms with Crippen molar-refractivity contribution in [1.82, 2.24) is 5.43 Å². The lowest BCUT2D eigenvalue weighted by atomic mass is 10.2. The van der Waals surface area contributed by atoms with Crippen molar-refractivity contribution in [2.75, 3.05) is 12.4 Å². The van der Waals surface area contributed by atoms with Gasteiger partial charge in [-0.1, -0.05) is 35.9 Å². The van der Waals surface area contributed by atoms with Crippen LogP contribution in [-0.4, -0.2) is 25.1 Å². The van der Waals surface area contributed by atoms with Gasteiger partial charge < -0.3 is 14.8 Å². The Morgan fingerprint density at radius 2 is 1.82 bits per heavy atom. The van der Waals surface area contributed by atoms with Crippen LogP contribution in [0, 0.1) is 6.92 Å². The van der Waals surface area contributed by atoms with Gasteiger partial charge in [0, 0.05) is 16.1 Å². The Labute approximate surface area is 233 Å². The van der Waals surface area contributed by atoms with Crippen LogP contribution in [0.25, 0.3) is 0 Å². The molecule has 0 radical (unpaired) electrons. The smallest absolute Gasteiger partial charge is 0.271 e. The molecule has 0 saturated heterocycles. The Balaban J connectivity index is 1.32. The Hall–Kier alpha value is -3.95. The fourth-order valence-corrected chi connectivity index (χ4v) is 4.78. The van der Waals surface area contributed by atoms with Crippen molar-refractivity contribution in [2.45, 2.75) is 20.0 Å². The van der Waals surface area contributed by atoms with E-state index in [-0.39, 0.29) is 11.8 Å². The number of ether oxygens (including phenoxy) is 2. The summed E-state index contributed by atoms with van der Waals surface area (Å²) in [6.45, 7) is 2.44. The lowest BCUT2D eigenvalue weighted by molar-refractivity contribution is -0.115. The van der Waals surface area contributed by atoms with Gasteiger partial charge in [-0.3, -0.25) is 9.59 Å². The maximum Gasteiger partial charge on any atom is 0.271 e. The number of amides is 2. The quantitative estimate of drug-likeness (QED) is 0.166. The van der Waals surface area contributed by atoms with Gasteiger partial charge in [0.2, 0.25) is 5.91 Å². The van der Waals surface area contributed by atoms with E-state index in [0.29, 0.717) is 45.8 Å². The fraction of sp³-hybridized carbons (Fsp3) is 0.138. The van der Waals surface area contributed by atoms with Crippen molar-refractivity contribution in [1.29, 1.82) is 0 Å². The number of rotatable bonds is 10. The number of aryl methyl sites for hydroxylation is 1. The second kappa shape index (κ2) is 13.0. The van der Waals surface area contributed by atoms with E-state index in [2.05, 4.69) is 31.8 Å². The summed E-state index contributed by atoms with van der Waals surface area (Å²) in [6, 6.07) is 22.2. The lowest BCUT2D eigenvalue weighted by Gasteiger charge is -2.13. The van der Waals surface area contributed by atoms with Crippen LogP contribution in [0.15, 0.2) is 87.8 Å². The predicted octanol–water partition coefficient (Wildman–Crippen LogP) is 6.35. The number of hydrazone groups is 1. The van der Waals surface area contributed by atoms with Crippen molar-refractivity contribution in [3.8, 4) is 11.5 Å². The number of benzene rings is 3. The number of carbonyl (C=O) groups is 2. The molecule has 4 rings (SSSR count). The number of methoxy groups -OCH3 is 1. The summed E-state index contributed by atoms with van der Waals surface area (Å²) in [4.78, 5) is 25.6. The van der Waals surface area contributed by atoms with E-state index in [1.807, 2.05) is 54.8 Å². The topological polar surface area (TPSA) is 89.0 Å². The Kier molecular flexibility index (Phi) is 9.29. The molecule has 0 saturated carbocycles. The van der Waals surface area contributed by atoms with E-state index >= 15 is 0 Å². The molecule has 9 heteroatoms. The zero-order valence-corrected chi connectivity index (χ0v) is 23.3. The maximum absolute atomic E-state index is 12.5. The first-order valence-corrected chi connectivity index (χ1v) is 13.4. The summed E-state index contributed by atoms with van der Waals surface area (Å²) in [6.07, 6.45) is 1.84. The number of halogens is 1. The van der Waals surface area contributed by atoms with Crippen LogP contribution in [0.3, 0.4) is 0 Å². The van der Waals surface area contributed by atoms with E-state index in [9.17, 15) is 9.59 Å². The minimum Gasteiger partial charge on any atom is -0.493 e. The van der Waals surface area contributed by atoms with Crippen LogP contribution in [-0.2, 0) is 17.8 Å². The molecule has 0 spiro atoms. The predicted molar refractivity (Wildman–Crippen MR) is 154 cm³/mol. The van der Waals surface area contributed by atoms with Crippen LogP contribution >= 0.6 is 27.3 Å². The molecule has 1 aromatic heterocycles. The highest BCUT2D eigenvalue weighted by atomic mass is 79.9. The minimum atomic E-state index is -0.373. The minimum absolute atomic E-state index is 0.109. The van der Waals surface area contributed by atoms with Gasteiger partial charge in [0.25, 0.3) is 5.91 Å². The summed E-state index contributed by atoms with van der Waals surface area (Å²) in [5.74, 6) is 0.636. The highest BCUT2D eigenvalue weighted by Crippen LogP contribution is 2.36. The van der Waals surface area contributed by atoms with Crippen molar-refractivity contribution in [2.24, 2.45) is 5.10 Å². The number of thiophene rings is 1. The molecule has 3 aromatic carbocycles. The SMILES string of the molecule is COc1cc(/C=N\NC(=O)c2ccc(NC(=O)Cc3cccs3)cc2)cc(Br)c1OCc1ccc(C)cc1. The van der Waals surface area contributed by atoms with E-state index in [1.54, 1.807) is 37.4 Å². The number of anilines is 1. The molecule has 0 bridgehead atoms. The summed E-state index contributed by atoms with van der Waals surface area (Å²) in [5, 5.41) is 8.84. The van der Waals surface area contributed by atoms with Crippen molar-refractivity contribution < 1.29 is 19.1 Å². The molecule has 1 heterocycles. The van der Waals surface area contributed by atoms with Crippen molar-refractivity contribution in [3.05, 3.63) is 110 Å². The Bertz CT molecular complexity index is 1420. The van der Waals surface area contributed by atoms with Gasteiger partial charge in [-0.2, -0.15) is 5.10 Å². The molecule has 0 aliphatic rings. The van der Waals surface area contributed by atoms with E-state index in [0.717, 1.165) is 10.4 Å². The maximum atomic E-state index is 12.5. The highest BCUT2D eigenvalue weighted by Gasteiger charge is 2.12. The van der Waals surface area contributed by atoms with Crippen LogP contribution in [0.1, 0.15) is 31.9 Å². The molecule has 0 fully saturated rings. The molecular formula is C29H26BrN3O4S. The van der Waals surface area contributed by atoms with Crippen molar-refractivity contribution in [3.63, 3.8) is 0 Å². The van der Waals surface area contributed by atoms with Crippen LogP contribution in [0.2, 0.25) is 0 Å². The molecule has 7 nitrogen and oxygen atoms in total. The van der Waals surface area contributed by atoms with Crippen LogP contribution in [0.4, 0.5) is 5.69 Å².